The highest BCUT2D eigenvalue weighted by atomic mass is 32.2. The highest BCUT2D eigenvalue weighted by Crippen LogP contribution is 2.38. The molecule has 0 bridgehead atoms. The molecule has 0 amide bonds. The summed E-state index contributed by atoms with van der Waals surface area (Å²) in [4.78, 5) is 11.3. The first-order valence-electron chi connectivity index (χ1n) is 10.6. The van der Waals surface area contributed by atoms with Crippen LogP contribution in [0.15, 0.2) is 51.7 Å². The van der Waals surface area contributed by atoms with Gasteiger partial charge in [-0.3, -0.25) is 0 Å². The largest absolute Gasteiger partial charge is 0.434 e. The van der Waals surface area contributed by atoms with Crippen molar-refractivity contribution in [2.75, 3.05) is 7.11 Å². The van der Waals surface area contributed by atoms with Crippen LogP contribution in [0.2, 0.25) is 0 Å². The lowest BCUT2D eigenvalue weighted by Gasteiger charge is -2.37. The van der Waals surface area contributed by atoms with Gasteiger partial charge < -0.3 is 9.15 Å². The Labute approximate surface area is 191 Å². The standard InChI is InChI=1S/C23H26FN3O5S/c1-14-11-18(21(31-3)22-25-26-23(28)32-22)19(24)12-17(14)13-27-15(2)9-10-20(33(27,29)30)16-7-5-4-6-8-16/h4-8,11-12,15,20-21H,9-10,13H2,1-3H3,(H,26,28)/t15-,20+,21+/m0/s1. The molecule has 2 aromatic carbocycles. The Bertz CT molecular complexity index is 1290. The summed E-state index contributed by atoms with van der Waals surface area (Å²) < 4.78 is 53.8. The van der Waals surface area contributed by atoms with Crippen molar-refractivity contribution in [1.29, 1.82) is 0 Å². The lowest BCUT2D eigenvalue weighted by molar-refractivity contribution is 0.107. The van der Waals surface area contributed by atoms with Crippen LogP contribution in [0.25, 0.3) is 0 Å². The Hall–Kier alpha value is -2.82. The minimum absolute atomic E-state index is 0.0605. The Morgan fingerprint density at radius 1 is 1.27 bits per heavy atom. The molecule has 0 aliphatic carbocycles. The molecule has 0 radical (unpaired) electrons. The van der Waals surface area contributed by atoms with Gasteiger partial charge in [0.05, 0.1) is 0 Å². The van der Waals surface area contributed by atoms with Crippen LogP contribution in [-0.2, 0) is 21.3 Å². The third-order valence-corrected chi connectivity index (χ3v) is 8.54. The lowest BCUT2D eigenvalue weighted by Crippen LogP contribution is -2.44. The predicted molar refractivity (Wildman–Crippen MR) is 119 cm³/mol. The van der Waals surface area contributed by atoms with Crippen molar-refractivity contribution in [3.8, 4) is 0 Å². The molecule has 176 valence electrons. The van der Waals surface area contributed by atoms with E-state index in [1.807, 2.05) is 37.3 Å². The third-order valence-electron chi connectivity index (χ3n) is 6.17. The fraction of sp³-hybridized carbons (Fsp3) is 0.391. The number of sulfonamides is 1. The summed E-state index contributed by atoms with van der Waals surface area (Å²) in [6.45, 7) is 3.71. The van der Waals surface area contributed by atoms with Gasteiger partial charge in [0.15, 0.2) is 6.10 Å². The maximum absolute atomic E-state index is 15.1. The van der Waals surface area contributed by atoms with Crippen LogP contribution in [-0.4, -0.2) is 36.1 Å². The molecular weight excluding hydrogens is 449 g/mol. The first-order chi connectivity index (χ1) is 15.7. The number of H-pyrrole nitrogens is 1. The van der Waals surface area contributed by atoms with E-state index >= 15 is 4.39 Å². The van der Waals surface area contributed by atoms with Crippen LogP contribution >= 0.6 is 0 Å². The Morgan fingerprint density at radius 3 is 2.64 bits per heavy atom. The van der Waals surface area contributed by atoms with Gasteiger partial charge >= 0.3 is 5.76 Å². The van der Waals surface area contributed by atoms with Crippen LogP contribution in [0, 0.1) is 12.7 Å². The molecule has 8 nitrogen and oxygen atoms in total. The SMILES string of the molecule is CO[C@@H](c1n[nH]c(=O)o1)c1cc(C)c(CN2[C@@H](C)CC[C@H](c3ccccc3)S2(=O)=O)cc1F. The van der Waals surface area contributed by atoms with Gasteiger partial charge in [-0.15, -0.1) is 5.10 Å². The smallest absolute Gasteiger partial charge is 0.389 e. The molecule has 3 atom stereocenters. The zero-order valence-electron chi connectivity index (χ0n) is 18.6. The fourth-order valence-electron chi connectivity index (χ4n) is 4.35. The summed E-state index contributed by atoms with van der Waals surface area (Å²) in [5.41, 5.74) is 2.15. The number of halogens is 1. The molecule has 10 heteroatoms. The maximum Gasteiger partial charge on any atom is 0.434 e. The van der Waals surface area contributed by atoms with Crippen molar-refractivity contribution in [3.63, 3.8) is 0 Å². The fourth-order valence-corrected chi connectivity index (χ4v) is 6.54. The molecule has 1 N–H and O–H groups in total. The predicted octanol–water partition coefficient (Wildman–Crippen LogP) is 3.60. The number of rotatable bonds is 6. The zero-order chi connectivity index (χ0) is 23.8. The maximum atomic E-state index is 15.1. The average molecular weight is 476 g/mol. The second-order valence-electron chi connectivity index (χ2n) is 8.28. The van der Waals surface area contributed by atoms with Gasteiger partial charge in [0.2, 0.25) is 10.0 Å². The highest BCUT2D eigenvalue weighted by Gasteiger charge is 2.40. The summed E-state index contributed by atoms with van der Waals surface area (Å²) in [6.07, 6.45) is 0.236. The normalized spacial score (nSPS) is 21.7. The van der Waals surface area contributed by atoms with Crippen LogP contribution < -0.4 is 5.76 Å². The molecule has 1 fully saturated rings. The van der Waals surface area contributed by atoms with E-state index in [9.17, 15) is 13.2 Å². The Kier molecular flexibility index (Phi) is 6.51. The minimum atomic E-state index is -3.64. The molecule has 1 aromatic heterocycles. The van der Waals surface area contributed by atoms with E-state index in [0.29, 0.717) is 24.0 Å². The molecule has 0 unspecified atom stereocenters. The number of nitrogens with zero attached hydrogens (tertiary/aromatic N) is 2. The number of methoxy groups -OCH3 is 1. The molecule has 0 spiro atoms. The van der Waals surface area contributed by atoms with Crippen molar-refractivity contribution in [1.82, 2.24) is 14.5 Å². The zero-order valence-corrected chi connectivity index (χ0v) is 19.4. The van der Waals surface area contributed by atoms with E-state index in [4.69, 9.17) is 9.15 Å². The number of hydrogen-bond acceptors (Lipinski definition) is 6. The number of hydrogen-bond donors (Lipinski definition) is 1. The summed E-state index contributed by atoms with van der Waals surface area (Å²) >= 11 is 0. The van der Waals surface area contributed by atoms with E-state index < -0.39 is 33.0 Å². The highest BCUT2D eigenvalue weighted by molar-refractivity contribution is 7.89. The molecule has 0 saturated carbocycles. The number of aromatic nitrogens is 2. The first-order valence-corrected chi connectivity index (χ1v) is 12.2. The van der Waals surface area contributed by atoms with E-state index in [0.717, 1.165) is 5.56 Å². The summed E-state index contributed by atoms with van der Waals surface area (Å²) in [7, 11) is -2.29. The van der Waals surface area contributed by atoms with Gasteiger partial charge in [0, 0.05) is 25.3 Å². The van der Waals surface area contributed by atoms with E-state index in [1.165, 1.54) is 17.5 Å². The number of benzene rings is 2. The average Bonchev–Trinajstić information content (AvgIpc) is 3.21. The van der Waals surface area contributed by atoms with Gasteiger partial charge in [0.1, 0.15) is 11.1 Å². The molecule has 1 aliphatic heterocycles. The topological polar surface area (TPSA) is 106 Å². The van der Waals surface area contributed by atoms with Crippen LogP contribution in [0.5, 0.6) is 0 Å². The number of ether oxygens (including phenoxy) is 1. The third kappa shape index (κ3) is 4.50. The van der Waals surface area contributed by atoms with E-state index in [2.05, 4.69) is 10.2 Å². The monoisotopic (exact) mass is 475 g/mol. The second kappa shape index (κ2) is 9.20. The van der Waals surface area contributed by atoms with Crippen LogP contribution in [0.1, 0.15) is 59.3 Å². The van der Waals surface area contributed by atoms with Gasteiger partial charge in [0.25, 0.3) is 5.89 Å². The number of aromatic amines is 1. The number of aryl methyl sites for hydroxylation is 1. The lowest BCUT2D eigenvalue weighted by atomic mass is 10.00. The van der Waals surface area contributed by atoms with Crippen molar-refractivity contribution in [2.45, 2.75) is 50.6 Å². The first kappa shape index (κ1) is 23.3. The van der Waals surface area contributed by atoms with Crippen molar-refractivity contribution in [3.05, 3.63) is 87.0 Å². The van der Waals surface area contributed by atoms with Crippen molar-refractivity contribution < 1.29 is 22.0 Å². The summed E-state index contributed by atoms with van der Waals surface area (Å²) in [5.74, 6) is -1.46. The van der Waals surface area contributed by atoms with Crippen LogP contribution in [0.4, 0.5) is 4.39 Å². The molecule has 1 saturated heterocycles. The molecule has 2 heterocycles. The quantitative estimate of drug-likeness (QED) is 0.584. The molecule has 3 aromatic rings. The molecule has 4 rings (SSSR count). The van der Waals surface area contributed by atoms with E-state index in [-0.39, 0.29) is 24.0 Å². The van der Waals surface area contributed by atoms with Gasteiger partial charge in [-0.25, -0.2) is 22.7 Å². The van der Waals surface area contributed by atoms with E-state index in [1.54, 1.807) is 13.0 Å². The second-order valence-corrected chi connectivity index (χ2v) is 10.4. The van der Waals surface area contributed by atoms with Gasteiger partial charge in [-0.05, 0) is 55.5 Å². The Morgan fingerprint density at radius 2 is 2.00 bits per heavy atom. The van der Waals surface area contributed by atoms with Gasteiger partial charge in [-0.2, -0.15) is 4.31 Å². The van der Waals surface area contributed by atoms with Crippen LogP contribution in [0.3, 0.4) is 0 Å². The van der Waals surface area contributed by atoms with Gasteiger partial charge in [-0.1, -0.05) is 30.3 Å². The number of nitrogens with one attached hydrogen (secondary N) is 1. The summed E-state index contributed by atoms with van der Waals surface area (Å²) in [5, 5.41) is 5.24. The minimum Gasteiger partial charge on any atom is -0.389 e. The van der Waals surface area contributed by atoms with Crippen molar-refractivity contribution >= 4 is 10.0 Å². The molecule has 33 heavy (non-hydrogen) atoms. The Balaban J connectivity index is 1.65. The molecule has 1 aliphatic rings. The summed E-state index contributed by atoms with van der Waals surface area (Å²) in [6, 6.07) is 11.9. The molecular formula is C23H26FN3O5S. The van der Waals surface area contributed by atoms with Crippen molar-refractivity contribution in [2.24, 2.45) is 0 Å².